The lowest BCUT2D eigenvalue weighted by molar-refractivity contribution is 0.0394. The SMILES string of the molecule is COc1ccc(OC)c([C@@H](N)[C@@H](O)C(C)(C)C)c1.Cl. The van der Waals surface area contributed by atoms with Gasteiger partial charge in [0.1, 0.15) is 11.5 Å². The topological polar surface area (TPSA) is 64.7 Å². The molecule has 1 aromatic carbocycles. The van der Waals surface area contributed by atoms with Crippen LogP contribution in [0, 0.1) is 5.41 Å². The Morgan fingerprint density at radius 1 is 1.16 bits per heavy atom. The van der Waals surface area contributed by atoms with Gasteiger partial charge in [-0.1, -0.05) is 20.8 Å². The van der Waals surface area contributed by atoms with Crippen LogP contribution in [0.4, 0.5) is 0 Å². The number of aliphatic hydroxyl groups is 1. The van der Waals surface area contributed by atoms with Gasteiger partial charge in [0.2, 0.25) is 0 Å². The number of nitrogens with two attached hydrogens (primary N) is 1. The normalized spacial score (nSPS) is 14.3. The molecule has 0 heterocycles. The third-order valence-electron chi connectivity index (χ3n) is 3.02. The van der Waals surface area contributed by atoms with Crippen LogP contribution < -0.4 is 15.2 Å². The number of ether oxygens (including phenoxy) is 2. The molecule has 0 amide bonds. The van der Waals surface area contributed by atoms with Crippen LogP contribution in [0.1, 0.15) is 32.4 Å². The Morgan fingerprint density at radius 2 is 1.74 bits per heavy atom. The maximum absolute atomic E-state index is 10.3. The minimum atomic E-state index is -0.668. The van der Waals surface area contributed by atoms with Gasteiger partial charge in [0.05, 0.1) is 26.4 Å². The highest BCUT2D eigenvalue weighted by Crippen LogP contribution is 2.34. The Balaban J connectivity index is 0.00000324. The van der Waals surface area contributed by atoms with Crippen LogP contribution in [-0.2, 0) is 0 Å². The predicted octanol–water partition coefficient (Wildman–Crippen LogP) is 2.53. The predicted molar refractivity (Wildman–Crippen MR) is 79.2 cm³/mol. The summed E-state index contributed by atoms with van der Waals surface area (Å²) >= 11 is 0. The molecule has 0 bridgehead atoms. The number of benzene rings is 1. The second kappa shape index (κ2) is 6.98. The van der Waals surface area contributed by atoms with Crippen LogP contribution in [0.25, 0.3) is 0 Å². The van der Waals surface area contributed by atoms with Crippen molar-refractivity contribution in [3.05, 3.63) is 23.8 Å². The molecule has 1 rings (SSSR count). The van der Waals surface area contributed by atoms with Crippen molar-refractivity contribution < 1.29 is 14.6 Å². The molecular weight excluding hydrogens is 266 g/mol. The van der Waals surface area contributed by atoms with E-state index in [1.807, 2.05) is 20.8 Å². The number of aliphatic hydroxyl groups excluding tert-OH is 1. The summed E-state index contributed by atoms with van der Waals surface area (Å²) in [5, 5.41) is 10.3. The zero-order chi connectivity index (χ0) is 13.9. The fourth-order valence-electron chi connectivity index (χ4n) is 1.81. The van der Waals surface area contributed by atoms with Crippen molar-refractivity contribution in [3.63, 3.8) is 0 Å². The van der Waals surface area contributed by atoms with E-state index in [9.17, 15) is 5.11 Å². The standard InChI is InChI=1S/C14H23NO3.ClH/c1-14(2,3)13(16)12(15)10-8-9(17-4)6-7-11(10)18-5;/h6-8,12-13,16H,15H2,1-5H3;1H/t12-,13-;/m1./s1. The molecule has 0 unspecified atom stereocenters. The molecule has 0 aliphatic rings. The van der Waals surface area contributed by atoms with Crippen molar-refractivity contribution in [3.8, 4) is 11.5 Å². The van der Waals surface area contributed by atoms with Crippen LogP contribution in [0.15, 0.2) is 18.2 Å². The zero-order valence-electron chi connectivity index (χ0n) is 12.1. The minimum absolute atomic E-state index is 0. The van der Waals surface area contributed by atoms with Crippen molar-refractivity contribution in [2.75, 3.05) is 14.2 Å². The van der Waals surface area contributed by atoms with E-state index in [1.54, 1.807) is 32.4 Å². The average Bonchev–Trinajstić information content (AvgIpc) is 2.35. The molecular formula is C14H24ClNO3. The number of hydrogen-bond acceptors (Lipinski definition) is 4. The van der Waals surface area contributed by atoms with Crippen LogP contribution in [0.5, 0.6) is 11.5 Å². The summed E-state index contributed by atoms with van der Waals surface area (Å²) in [4.78, 5) is 0. The van der Waals surface area contributed by atoms with Gasteiger partial charge in [-0.15, -0.1) is 12.4 Å². The molecule has 0 aromatic heterocycles. The fourth-order valence-corrected chi connectivity index (χ4v) is 1.81. The lowest BCUT2D eigenvalue weighted by Gasteiger charge is -2.31. The molecule has 0 aliphatic carbocycles. The molecule has 4 nitrogen and oxygen atoms in total. The third-order valence-corrected chi connectivity index (χ3v) is 3.02. The summed E-state index contributed by atoms with van der Waals surface area (Å²) in [6.45, 7) is 5.85. The van der Waals surface area contributed by atoms with Crippen molar-refractivity contribution in [1.82, 2.24) is 0 Å². The van der Waals surface area contributed by atoms with Gasteiger partial charge in [0, 0.05) is 5.56 Å². The van der Waals surface area contributed by atoms with Gasteiger partial charge in [-0.05, 0) is 23.6 Å². The van der Waals surface area contributed by atoms with Gasteiger partial charge in [-0.25, -0.2) is 0 Å². The van der Waals surface area contributed by atoms with Gasteiger partial charge < -0.3 is 20.3 Å². The van der Waals surface area contributed by atoms with Gasteiger partial charge in [-0.3, -0.25) is 0 Å². The molecule has 110 valence electrons. The first-order chi connectivity index (χ1) is 8.31. The first-order valence-corrected chi connectivity index (χ1v) is 5.96. The highest BCUT2D eigenvalue weighted by Gasteiger charge is 2.30. The Hall–Kier alpha value is -0.970. The molecule has 3 N–H and O–H groups in total. The molecule has 19 heavy (non-hydrogen) atoms. The number of rotatable bonds is 4. The maximum atomic E-state index is 10.3. The minimum Gasteiger partial charge on any atom is -0.497 e. The molecule has 0 fully saturated rings. The highest BCUT2D eigenvalue weighted by atomic mass is 35.5. The van der Waals surface area contributed by atoms with Gasteiger partial charge in [0.25, 0.3) is 0 Å². The van der Waals surface area contributed by atoms with E-state index in [0.717, 1.165) is 5.56 Å². The van der Waals surface area contributed by atoms with E-state index in [1.165, 1.54) is 0 Å². The fraction of sp³-hybridized carbons (Fsp3) is 0.571. The van der Waals surface area contributed by atoms with Crippen molar-refractivity contribution in [2.24, 2.45) is 11.1 Å². The smallest absolute Gasteiger partial charge is 0.123 e. The maximum Gasteiger partial charge on any atom is 0.123 e. The van der Waals surface area contributed by atoms with Crippen molar-refractivity contribution >= 4 is 12.4 Å². The van der Waals surface area contributed by atoms with E-state index in [-0.39, 0.29) is 17.8 Å². The van der Waals surface area contributed by atoms with Crippen molar-refractivity contribution in [1.29, 1.82) is 0 Å². The monoisotopic (exact) mass is 289 g/mol. The van der Waals surface area contributed by atoms with Gasteiger partial charge >= 0.3 is 0 Å². The van der Waals surface area contributed by atoms with Gasteiger partial charge in [0.15, 0.2) is 0 Å². The zero-order valence-corrected chi connectivity index (χ0v) is 13.0. The van der Waals surface area contributed by atoms with Crippen LogP contribution in [-0.4, -0.2) is 25.4 Å². The molecule has 2 atom stereocenters. The number of halogens is 1. The first-order valence-electron chi connectivity index (χ1n) is 5.96. The third kappa shape index (κ3) is 4.27. The quantitative estimate of drug-likeness (QED) is 0.894. The molecule has 0 saturated heterocycles. The van der Waals surface area contributed by atoms with E-state index >= 15 is 0 Å². The first kappa shape index (κ1) is 18.0. The molecule has 5 heteroatoms. The Bertz CT molecular complexity index is 404. The van der Waals surface area contributed by atoms with E-state index < -0.39 is 12.1 Å². The summed E-state index contributed by atoms with van der Waals surface area (Å²) in [7, 11) is 3.18. The largest absolute Gasteiger partial charge is 0.497 e. The second-order valence-corrected chi connectivity index (χ2v) is 5.44. The summed E-state index contributed by atoms with van der Waals surface area (Å²) in [5.41, 5.74) is 6.59. The van der Waals surface area contributed by atoms with Crippen LogP contribution in [0.3, 0.4) is 0 Å². The number of hydrogen-bond donors (Lipinski definition) is 2. The Labute approximate surface area is 121 Å². The van der Waals surface area contributed by atoms with E-state index in [2.05, 4.69) is 0 Å². The Morgan fingerprint density at radius 3 is 2.16 bits per heavy atom. The lowest BCUT2D eigenvalue weighted by atomic mass is 9.82. The molecule has 1 aromatic rings. The van der Waals surface area contributed by atoms with Crippen LogP contribution >= 0.6 is 12.4 Å². The second-order valence-electron chi connectivity index (χ2n) is 5.44. The van der Waals surface area contributed by atoms with Crippen LogP contribution in [0.2, 0.25) is 0 Å². The summed E-state index contributed by atoms with van der Waals surface area (Å²) < 4.78 is 10.5. The highest BCUT2D eigenvalue weighted by molar-refractivity contribution is 5.85. The number of methoxy groups -OCH3 is 2. The lowest BCUT2D eigenvalue weighted by Crippen LogP contribution is -2.37. The van der Waals surface area contributed by atoms with E-state index in [0.29, 0.717) is 11.5 Å². The molecule has 0 spiro atoms. The molecule has 0 radical (unpaired) electrons. The molecule has 0 saturated carbocycles. The van der Waals surface area contributed by atoms with Crippen molar-refractivity contribution in [2.45, 2.75) is 32.9 Å². The summed E-state index contributed by atoms with van der Waals surface area (Å²) in [5.74, 6) is 1.36. The average molecular weight is 290 g/mol. The summed E-state index contributed by atoms with van der Waals surface area (Å²) in [6, 6.07) is 4.88. The van der Waals surface area contributed by atoms with Gasteiger partial charge in [-0.2, -0.15) is 0 Å². The molecule has 0 aliphatic heterocycles. The Kier molecular flexibility index (Phi) is 6.63. The van der Waals surface area contributed by atoms with E-state index in [4.69, 9.17) is 15.2 Å². The summed E-state index contributed by atoms with van der Waals surface area (Å²) in [6.07, 6.45) is -0.668.